The van der Waals surface area contributed by atoms with Gasteiger partial charge in [0.15, 0.2) is 0 Å². The van der Waals surface area contributed by atoms with Crippen molar-refractivity contribution in [1.29, 1.82) is 0 Å². The number of ketones is 1. The number of carbonyl (C=O) groups is 3. The minimum Gasteiger partial charge on any atom is -0.481 e. The number of aliphatic carboxylic acids is 2. The van der Waals surface area contributed by atoms with Crippen LogP contribution in [0.1, 0.15) is 12.8 Å². The van der Waals surface area contributed by atoms with Gasteiger partial charge in [0.1, 0.15) is 0 Å². The van der Waals surface area contributed by atoms with E-state index >= 15 is 0 Å². The second kappa shape index (κ2) is 9.70. The topological polar surface area (TPSA) is 91.7 Å². The van der Waals surface area contributed by atoms with Crippen molar-refractivity contribution in [1.82, 2.24) is 0 Å². The number of hydrogen-bond donors (Lipinski definition) is 2. The molecule has 0 fully saturated rings. The predicted molar refractivity (Wildman–Crippen MR) is 41.0 cm³/mol. The molecule has 0 aliphatic carbocycles. The van der Waals surface area contributed by atoms with Gasteiger partial charge in [0.05, 0.1) is 6.42 Å². The zero-order valence-corrected chi connectivity index (χ0v) is 11.0. The molecule has 0 aliphatic rings. The van der Waals surface area contributed by atoms with Crippen LogP contribution in [0.5, 0.6) is 0 Å². The average Bonchev–Trinajstić information content (AvgIpc) is 1.82. The van der Waals surface area contributed by atoms with Crippen LogP contribution in [0.25, 0.3) is 0 Å². The molecule has 0 aromatic rings. The molecule has 0 aliphatic heterocycles. The third kappa shape index (κ3) is 10.6. The van der Waals surface area contributed by atoms with Crippen LogP contribution >= 0.6 is 0 Å². The Morgan fingerprint density at radius 1 is 0.917 bits per heavy atom. The van der Waals surface area contributed by atoms with E-state index in [1.807, 2.05) is 0 Å². The summed E-state index contributed by atoms with van der Waals surface area (Å²) < 4.78 is 0. The van der Waals surface area contributed by atoms with Gasteiger partial charge in [-0.1, -0.05) is 0 Å². The predicted octanol–water partition coefficient (Wildman–Crippen LogP) is -1.26. The molecule has 58 valence electrons. The molecule has 2 N–H and O–H groups in total. The third-order valence-corrected chi connectivity index (χ3v) is 0.804. The first kappa shape index (κ1) is 18.4. The van der Waals surface area contributed by atoms with Crippen molar-refractivity contribution in [3.8, 4) is 0 Å². The maximum absolute atomic E-state index is 10.2. The van der Waals surface area contributed by atoms with E-state index in [1.54, 1.807) is 0 Å². The number of rotatable bonds is 4. The maximum atomic E-state index is 10.2. The van der Waals surface area contributed by atoms with Crippen LogP contribution in [0.15, 0.2) is 0 Å². The summed E-state index contributed by atoms with van der Waals surface area (Å²) in [5.74, 6) is -3.82. The molecule has 5 nitrogen and oxygen atoms in total. The number of hydrogen-bond acceptors (Lipinski definition) is 3. The van der Waals surface area contributed by atoms with Crippen molar-refractivity contribution in [2.75, 3.05) is 0 Å². The molecule has 12 heavy (non-hydrogen) atoms. The Morgan fingerprint density at radius 3 is 1.58 bits per heavy atom. The van der Waals surface area contributed by atoms with Gasteiger partial charge in [0, 0.05) is 65.5 Å². The van der Waals surface area contributed by atoms with Crippen LogP contribution in [0, 0.1) is 0 Å². The summed E-state index contributed by atoms with van der Waals surface area (Å²) in [4.78, 5) is 29.7. The van der Waals surface area contributed by atoms with Gasteiger partial charge in [0.25, 0.3) is 0 Å². The number of Topliss-reactive ketones (excluding diaryl/α,β-unsaturated/α-hetero) is 1. The first-order valence-corrected chi connectivity index (χ1v) is 2.52. The molecule has 0 amide bonds. The average molecular weight is 196 g/mol. The van der Waals surface area contributed by atoms with Crippen LogP contribution in [0.4, 0.5) is 0 Å². The second-order valence-corrected chi connectivity index (χ2v) is 1.62. The number of carboxylic acid groups (broad SMARTS) is 2. The van der Waals surface area contributed by atoms with E-state index in [4.69, 9.17) is 10.2 Å². The first-order chi connectivity index (χ1) is 4.54. The largest absolute Gasteiger partial charge is 0.481 e. The van der Waals surface area contributed by atoms with Gasteiger partial charge >= 0.3 is 11.9 Å². The van der Waals surface area contributed by atoms with E-state index in [-0.39, 0.29) is 59.1 Å². The molecular formula is C5H6Na2O5. The second-order valence-electron chi connectivity index (χ2n) is 1.62. The summed E-state index contributed by atoms with van der Waals surface area (Å²) in [6.45, 7) is 0. The SMILES string of the molecule is O=C(O)[13CH2][13CH2][13C](=O)[13C](=O)O.[Na].[Na]. The summed E-state index contributed by atoms with van der Waals surface area (Å²) in [6, 6.07) is 0. The monoisotopic (exact) mass is 196 g/mol. The van der Waals surface area contributed by atoms with Gasteiger partial charge in [-0.25, -0.2) is 4.79 Å². The van der Waals surface area contributed by atoms with E-state index < -0.39 is 30.6 Å². The summed E-state index contributed by atoms with van der Waals surface area (Å²) in [5, 5.41) is 16.0. The van der Waals surface area contributed by atoms with Crippen LogP contribution in [-0.2, 0) is 14.4 Å². The zero-order valence-electron chi connectivity index (χ0n) is 7.03. The van der Waals surface area contributed by atoms with Crippen LogP contribution in [-0.4, -0.2) is 87.0 Å². The third-order valence-electron chi connectivity index (χ3n) is 0.804. The van der Waals surface area contributed by atoms with Crippen molar-refractivity contribution in [2.24, 2.45) is 0 Å². The molecule has 0 atom stereocenters. The summed E-state index contributed by atoms with van der Waals surface area (Å²) in [7, 11) is 0. The van der Waals surface area contributed by atoms with Gasteiger partial charge in [-0.3, -0.25) is 9.59 Å². The summed E-state index contributed by atoms with van der Waals surface area (Å²) >= 11 is 0. The molecule has 0 saturated carbocycles. The molecule has 7 heteroatoms. The normalized spacial score (nSPS) is 7.33. The van der Waals surface area contributed by atoms with Crippen LogP contribution < -0.4 is 0 Å². The molecule has 0 spiro atoms. The molecule has 0 heterocycles. The van der Waals surface area contributed by atoms with Gasteiger partial charge < -0.3 is 10.2 Å². The number of carboxylic acids is 2. The van der Waals surface area contributed by atoms with E-state index in [9.17, 15) is 14.4 Å². The molecule has 0 aromatic heterocycles. The van der Waals surface area contributed by atoms with E-state index in [0.29, 0.717) is 0 Å². The molecular weight excluding hydrogens is 190 g/mol. The summed E-state index contributed by atoms with van der Waals surface area (Å²) in [5.41, 5.74) is 0. The molecule has 2 radical (unpaired) electrons. The molecule has 0 bridgehead atoms. The Kier molecular flexibility index (Phi) is 14.9. The van der Waals surface area contributed by atoms with E-state index in [1.165, 1.54) is 0 Å². The fraction of sp³-hybridized carbons (Fsp3) is 0.400. The van der Waals surface area contributed by atoms with Crippen molar-refractivity contribution in [2.45, 2.75) is 12.8 Å². The molecule has 0 unspecified atom stereocenters. The fourth-order valence-corrected chi connectivity index (χ4v) is 0.327. The standard InChI is InChI=1S/C5H6O5.2Na/c6-3(5(9)10)1-2-4(7)8;;/h1-2H2,(H,7,8)(H,9,10);;/i1+1,2+1,3+1,5+1;;. The van der Waals surface area contributed by atoms with Crippen molar-refractivity contribution < 1.29 is 24.6 Å². The van der Waals surface area contributed by atoms with Gasteiger partial charge in [0.2, 0.25) is 5.78 Å². The van der Waals surface area contributed by atoms with E-state index in [0.717, 1.165) is 0 Å². The van der Waals surface area contributed by atoms with Crippen LogP contribution in [0.3, 0.4) is 0 Å². The summed E-state index contributed by atoms with van der Waals surface area (Å²) in [6.07, 6.45) is -0.865. The Balaban J connectivity index is -0.000000405. The Bertz CT molecular complexity index is 179. The van der Waals surface area contributed by atoms with Gasteiger partial charge in [-0.2, -0.15) is 0 Å². The molecule has 0 rings (SSSR count). The zero-order chi connectivity index (χ0) is 8.15. The Hall–Kier alpha value is 0.610. The van der Waals surface area contributed by atoms with Gasteiger partial charge in [-0.05, 0) is 0 Å². The first-order valence-electron chi connectivity index (χ1n) is 2.52. The number of carbonyl (C=O) groups excluding carboxylic acids is 1. The van der Waals surface area contributed by atoms with Crippen molar-refractivity contribution in [3.63, 3.8) is 0 Å². The molecule has 0 aromatic carbocycles. The Labute approximate surface area is 113 Å². The van der Waals surface area contributed by atoms with Crippen molar-refractivity contribution >= 4 is 76.8 Å². The van der Waals surface area contributed by atoms with Gasteiger partial charge in [-0.15, -0.1) is 0 Å². The minimum absolute atomic E-state index is 0. The maximum Gasteiger partial charge on any atom is 0.372 e. The van der Waals surface area contributed by atoms with Crippen molar-refractivity contribution in [3.05, 3.63) is 0 Å². The fourth-order valence-electron chi connectivity index (χ4n) is 0.327. The smallest absolute Gasteiger partial charge is 0.372 e. The Morgan fingerprint density at radius 2 is 1.33 bits per heavy atom. The quantitative estimate of drug-likeness (QED) is 0.332. The minimum atomic E-state index is -1.58. The van der Waals surface area contributed by atoms with E-state index in [2.05, 4.69) is 0 Å². The van der Waals surface area contributed by atoms with Crippen LogP contribution in [0.2, 0.25) is 0 Å². The molecule has 0 saturated heterocycles.